The summed E-state index contributed by atoms with van der Waals surface area (Å²) in [6.07, 6.45) is 3.05. The van der Waals surface area contributed by atoms with Gasteiger partial charge >= 0.3 is 0 Å². The van der Waals surface area contributed by atoms with Gasteiger partial charge in [-0.15, -0.1) is 0 Å². The molecule has 0 aliphatic rings. The number of sulfonamides is 1. The molecule has 1 amide bonds. The van der Waals surface area contributed by atoms with Gasteiger partial charge in [-0.2, -0.15) is 0 Å². The summed E-state index contributed by atoms with van der Waals surface area (Å²) in [5.41, 5.74) is 1.68. The number of amides is 1. The van der Waals surface area contributed by atoms with E-state index in [1.54, 1.807) is 42.5 Å². The Morgan fingerprint density at radius 3 is 2.33 bits per heavy atom. The Morgan fingerprint density at radius 1 is 1.15 bits per heavy atom. The van der Waals surface area contributed by atoms with E-state index in [-0.39, 0.29) is 18.5 Å². The number of anilines is 1. The van der Waals surface area contributed by atoms with Crippen LogP contribution >= 0.6 is 11.6 Å². The molecule has 2 rings (SSSR count). The van der Waals surface area contributed by atoms with E-state index < -0.39 is 10.0 Å². The molecule has 5 nitrogen and oxygen atoms in total. The minimum Gasteiger partial charge on any atom is -0.350 e. The Balaban J connectivity index is 2.23. The number of hydrogen-bond donors (Lipinski definition) is 1. The molecule has 0 aromatic heterocycles. The molecule has 7 heteroatoms. The van der Waals surface area contributed by atoms with Crippen molar-refractivity contribution in [3.05, 3.63) is 64.7 Å². The van der Waals surface area contributed by atoms with Crippen LogP contribution < -0.4 is 9.62 Å². The van der Waals surface area contributed by atoms with Crippen LogP contribution in [0, 0.1) is 0 Å². The first-order chi connectivity index (χ1) is 12.7. The van der Waals surface area contributed by atoms with E-state index in [0.29, 0.717) is 21.8 Å². The van der Waals surface area contributed by atoms with Crippen molar-refractivity contribution in [3.8, 4) is 0 Å². The molecule has 0 bridgehead atoms. The van der Waals surface area contributed by atoms with E-state index in [1.807, 2.05) is 13.0 Å². The largest absolute Gasteiger partial charge is 0.350 e. The zero-order chi connectivity index (χ0) is 20.0. The SMILES string of the molecule is CCC[C@@H](C)NC(=O)c1ccc(N(Cc2ccccc2Cl)S(C)(=O)=O)cc1. The van der Waals surface area contributed by atoms with Crippen LogP contribution in [-0.2, 0) is 16.6 Å². The van der Waals surface area contributed by atoms with Crippen LogP contribution in [0.1, 0.15) is 42.6 Å². The summed E-state index contributed by atoms with van der Waals surface area (Å²) in [6.45, 7) is 4.15. The van der Waals surface area contributed by atoms with Gasteiger partial charge in [0, 0.05) is 16.6 Å². The lowest BCUT2D eigenvalue weighted by Gasteiger charge is -2.23. The summed E-state index contributed by atoms with van der Waals surface area (Å²) in [5, 5.41) is 3.44. The molecule has 0 unspecified atom stereocenters. The van der Waals surface area contributed by atoms with Crippen LogP contribution in [0.25, 0.3) is 0 Å². The number of halogens is 1. The number of rotatable bonds is 8. The van der Waals surface area contributed by atoms with Gasteiger partial charge in [-0.1, -0.05) is 43.1 Å². The molecule has 0 aliphatic heterocycles. The average molecular weight is 409 g/mol. The maximum absolute atomic E-state index is 12.3. The number of nitrogens with one attached hydrogen (secondary N) is 1. The summed E-state index contributed by atoms with van der Waals surface area (Å²) < 4.78 is 25.8. The summed E-state index contributed by atoms with van der Waals surface area (Å²) in [7, 11) is -3.52. The zero-order valence-electron chi connectivity index (χ0n) is 15.8. The van der Waals surface area contributed by atoms with Gasteiger partial charge in [0.2, 0.25) is 10.0 Å². The van der Waals surface area contributed by atoms with Crippen molar-refractivity contribution >= 4 is 33.2 Å². The van der Waals surface area contributed by atoms with Crippen molar-refractivity contribution in [1.29, 1.82) is 0 Å². The minimum atomic E-state index is -3.52. The maximum atomic E-state index is 12.3. The standard InChI is InChI=1S/C20H25ClN2O3S/c1-4-7-15(2)22-20(24)16-10-12-18(13-11-16)23(27(3,25)26)14-17-8-5-6-9-19(17)21/h5-6,8-13,15H,4,7,14H2,1-3H3,(H,22,24)/t15-/m1/s1. The molecule has 0 aliphatic carbocycles. The molecule has 0 fully saturated rings. The molecule has 0 saturated heterocycles. The second-order valence-electron chi connectivity index (χ2n) is 6.57. The first-order valence-corrected chi connectivity index (χ1v) is 11.1. The van der Waals surface area contributed by atoms with Gasteiger partial charge in [-0.3, -0.25) is 9.10 Å². The van der Waals surface area contributed by atoms with E-state index in [0.717, 1.165) is 19.1 Å². The third kappa shape index (κ3) is 5.97. The lowest BCUT2D eigenvalue weighted by Crippen LogP contribution is -2.32. The highest BCUT2D eigenvalue weighted by Gasteiger charge is 2.19. The van der Waals surface area contributed by atoms with E-state index in [4.69, 9.17) is 11.6 Å². The van der Waals surface area contributed by atoms with E-state index in [2.05, 4.69) is 12.2 Å². The predicted molar refractivity (Wildman–Crippen MR) is 111 cm³/mol. The molecular weight excluding hydrogens is 384 g/mol. The Bertz CT molecular complexity index is 882. The van der Waals surface area contributed by atoms with Gasteiger partial charge in [0.25, 0.3) is 5.91 Å². The monoisotopic (exact) mass is 408 g/mol. The number of nitrogens with zero attached hydrogens (tertiary/aromatic N) is 1. The Labute approximate surface area is 166 Å². The normalized spacial score (nSPS) is 12.4. The second kappa shape index (κ2) is 9.24. The molecule has 0 saturated carbocycles. The van der Waals surface area contributed by atoms with Crippen LogP contribution in [0.3, 0.4) is 0 Å². The minimum absolute atomic E-state index is 0.0925. The molecule has 27 heavy (non-hydrogen) atoms. The Hall–Kier alpha value is -2.05. The maximum Gasteiger partial charge on any atom is 0.251 e. The van der Waals surface area contributed by atoms with Crippen molar-refractivity contribution in [2.75, 3.05) is 10.6 Å². The van der Waals surface area contributed by atoms with Gasteiger partial charge in [0.05, 0.1) is 18.5 Å². The lowest BCUT2D eigenvalue weighted by molar-refractivity contribution is 0.0938. The predicted octanol–water partition coefficient (Wildman–Crippen LogP) is 4.22. The van der Waals surface area contributed by atoms with Gasteiger partial charge < -0.3 is 5.32 Å². The molecule has 146 valence electrons. The lowest BCUT2D eigenvalue weighted by atomic mass is 10.1. The molecule has 2 aromatic rings. The fraction of sp³-hybridized carbons (Fsp3) is 0.350. The highest BCUT2D eigenvalue weighted by atomic mass is 35.5. The van der Waals surface area contributed by atoms with Crippen molar-refractivity contribution < 1.29 is 13.2 Å². The Kier molecular flexibility index (Phi) is 7.27. The topological polar surface area (TPSA) is 66.5 Å². The molecule has 0 heterocycles. The number of hydrogen-bond acceptors (Lipinski definition) is 3. The van der Waals surface area contributed by atoms with E-state index >= 15 is 0 Å². The highest BCUT2D eigenvalue weighted by Crippen LogP contribution is 2.24. The third-order valence-corrected chi connectivity index (χ3v) is 5.70. The van der Waals surface area contributed by atoms with Crippen LogP contribution in [0.2, 0.25) is 5.02 Å². The number of carbonyl (C=O) groups excluding carboxylic acids is 1. The van der Waals surface area contributed by atoms with E-state index in [9.17, 15) is 13.2 Å². The van der Waals surface area contributed by atoms with Crippen LogP contribution in [0.15, 0.2) is 48.5 Å². The van der Waals surface area contributed by atoms with Crippen molar-refractivity contribution in [1.82, 2.24) is 5.32 Å². The van der Waals surface area contributed by atoms with Gasteiger partial charge in [0.1, 0.15) is 0 Å². The fourth-order valence-corrected chi connectivity index (χ4v) is 3.85. The summed E-state index contributed by atoms with van der Waals surface area (Å²) in [6, 6.07) is 13.8. The molecule has 1 atom stereocenters. The average Bonchev–Trinajstić information content (AvgIpc) is 2.60. The Morgan fingerprint density at radius 2 is 1.78 bits per heavy atom. The van der Waals surface area contributed by atoms with Crippen LogP contribution in [0.4, 0.5) is 5.69 Å². The van der Waals surface area contributed by atoms with Gasteiger partial charge in [-0.05, 0) is 49.2 Å². The number of carbonyl (C=O) groups is 1. The van der Waals surface area contributed by atoms with E-state index in [1.165, 1.54) is 4.31 Å². The summed E-state index contributed by atoms with van der Waals surface area (Å²) in [4.78, 5) is 12.3. The first-order valence-electron chi connectivity index (χ1n) is 8.84. The van der Waals surface area contributed by atoms with Crippen LogP contribution in [0.5, 0.6) is 0 Å². The quantitative estimate of drug-likeness (QED) is 0.710. The molecule has 0 spiro atoms. The van der Waals surface area contributed by atoms with Crippen molar-refractivity contribution in [2.45, 2.75) is 39.3 Å². The van der Waals surface area contributed by atoms with Crippen LogP contribution in [-0.4, -0.2) is 26.6 Å². The second-order valence-corrected chi connectivity index (χ2v) is 8.89. The number of benzene rings is 2. The zero-order valence-corrected chi connectivity index (χ0v) is 17.3. The molecule has 0 radical (unpaired) electrons. The summed E-state index contributed by atoms with van der Waals surface area (Å²) in [5.74, 6) is -0.167. The summed E-state index contributed by atoms with van der Waals surface area (Å²) >= 11 is 6.17. The van der Waals surface area contributed by atoms with Gasteiger partial charge in [-0.25, -0.2) is 8.42 Å². The third-order valence-electron chi connectivity index (χ3n) is 4.19. The van der Waals surface area contributed by atoms with Crippen molar-refractivity contribution in [3.63, 3.8) is 0 Å². The molecular formula is C20H25ClN2O3S. The van der Waals surface area contributed by atoms with Crippen molar-refractivity contribution in [2.24, 2.45) is 0 Å². The molecule has 1 N–H and O–H groups in total. The first kappa shape index (κ1) is 21.3. The smallest absolute Gasteiger partial charge is 0.251 e. The fourth-order valence-electron chi connectivity index (χ4n) is 2.77. The highest BCUT2D eigenvalue weighted by molar-refractivity contribution is 7.92. The van der Waals surface area contributed by atoms with Gasteiger partial charge in [0.15, 0.2) is 0 Å². The molecule has 2 aromatic carbocycles.